The van der Waals surface area contributed by atoms with E-state index in [1.54, 1.807) is 0 Å². The molecular formula is C54H84O28S2. The second-order valence-corrected chi connectivity index (χ2v) is 28.0. The molecule has 0 unspecified atom stereocenters. The average molecular weight is 1250 g/mol. The van der Waals surface area contributed by atoms with Gasteiger partial charge in [0, 0.05) is 13.5 Å². The Bertz CT molecular complexity index is 2690. The van der Waals surface area contributed by atoms with E-state index in [2.05, 4.69) is 30.7 Å². The highest BCUT2D eigenvalue weighted by atomic mass is 32.3. The fraction of sp³-hybridized carbons (Fsp3) is 0.889. The number of ether oxygens (including phenoxy) is 10. The lowest BCUT2D eigenvalue weighted by Gasteiger charge is -2.63. The van der Waals surface area contributed by atoms with Gasteiger partial charge in [-0.1, -0.05) is 44.9 Å². The Hall–Kier alpha value is -2.32. The van der Waals surface area contributed by atoms with E-state index in [-0.39, 0.29) is 30.0 Å². The number of rotatable bonds is 19. The maximum Gasteiger partial charge on any atom is 0.397 e. The Morgan fingerprint density at radius 1 is 0.738 bits per heavy atom. The van der Waals surface area contributed by atoms with Crippen LogP contribution >= 0.6 is 0 Å². The number of carbonyl (C=O) groups excluding carboxylic acids is 2. The lowest BCUT2D eigenvalue weighted by atomic mass is 9.41. The fourth-order valence-electron chi connectivity index (χ4n) is 16.2. The van der Waals surface area contributed by atoms with Crippen molar-refractivity contribution in [2.75, 3.05) is 26.9 Å². The summed E-state index contributed by atoms with van der Waals surface area (Å²) in [5, 5.41) is 89.5. The highest BCUT2D eigenvalue weighted by Gasteiger charge is 2.79. The third kappa shape index (κ3) is 11.8. The largest absolute Gasteiger partial charge is 0.458 e. The molecule has 9 rings (SSSR count). The van der Waals surface area contributed by atoms with Crippen molar-refractivity contribution in [3.63, 3.8) is 0 Å². The highest BCUT2D eigenvalue weighted by molar-refractivity contribution is 7.81. The second kappa shape index (κ2) is 24.1. The summed E-state index contributed by atoms with van der Waals surface area (Å²) in [6.07, 6.45) is -27.9. The van der Waals surface area contributed by atoms with E-state index in [9.17, 15) is 76.4 Å². The number of carbonyl (C=O) groups is 2. The van der Waals surface area contributed by atoms with Gasteiger partial charge in [-0.2, -0.15) is 16.8 Å². The molecular weight excluding hydrogens is 1160 g/mol. The van der Waals surface area contributed by atoms with Crippen LogP contribution in [0.4, 0.5) is 0 Å². The van der Waals surface area contributed by atoms with Gasteiger partial charge in [0.2, 0.25) is 0 Å². The SMILES string of the molecule is C=C(C)CCC[C@]1(C)OC(=O)[C@]23CC=C4[C@@H](CC[C@H]5C(C)(C)[C@@H](O[C@@H]6OC[C@@H](OS(=O)(=O)O)[C@H](O)[C@H]6O[C@@H]6O[C@H](C)[C@@H](O[C@@H]7O[C@H](COS(=O)(=O)O)[C@@H](O)[C@H](O[C@@H]8O[C@H](CO)[C@@H](O)[C@H](OC)[C@H]8O)[C@H]7O)[C@H](O)[C@H]6O)CC[C@]45C)[C@]2(C)CC(=O)[C@@H]31. The molecule has 0 aromatic rings. The van der Waals surface area contributed by atoms with Crippen LogP contribution in [0.15, 0.2) is 23.8 Å². The number of hydrogen-bond acceptors (Lipinski definition) is 26. The minimum atomic E-state index is -5.22. The molecule has 30 heteroatoms. The summed E-state index contributed by atoms with van der Waals surface area (Å²) in [5.41, 5.74) is -1.53. The van der Waals surface area contributed by atoms with Gasteiger partial charge in [-0.25, -0.2) is 8.37 Å². The highest BCUT2D eigenvalue weighted by Crippen LogP contribution is 2.75. The van der Waals surface area contributed by atoms with Gasteiger partial charge < -0.3 is 88.2 Å². The molecule has 8 fully saturated rings. The summed E-state index contributed by atoms with van der Waals surface area (Å²) in [5.74, 6) is -0.991. The van der Waals surface area contributed by atoms with E-state index in [1.165, 1.54) is 12.5 Å². The third-order valence-electron chi connectivity index (χ3n) is 20.3. The molecule has 0 amide bonds. The van der Waals surface area contributed by atoms with E-state index >= 15 is 0 Å². The van der Waals surface area contributed by atoms with Gasteiger partial charge in [0.05, 0.1) is 43.4 Å². The molecule has 10 N–H and O–H groups in total. The van der Waals surface area contributed by atoms with Crippen LogP contribution in [0.25, 0.3) is 0 Å². The summed E-state index contributed by atoms with van der Waals surface area (Å²) in [4.78, 5) is 28.7. The van der Waals surface area contributed by atoms with Crippen molar-refractivity contribution in [3.05, 3.63) is 23.8 Å². The first kappa shape index (κ1) is 66.1. The van der Waals surface area contributed by atoms with Gasteiger partial charge in [0.15, 0.2) is 25.2 Å². The standard InChI is InChI=1S/C54H84O28S2/c1-23(2)11-10-16-53(8)44-27(56)19-52(7)26-12-13-31-50(4,5)32(15-17-51(31,6)25(26)14-18-54(44,52)49(64)81-53)77-48-43(35(59)30(21-72-48)82-84(68,69)70)80-45-37(61)36(60)40(24(3)74-45)78-47-39(63)42(34(58)29(76-47)22-73-83(65,66)67)79-46-38(62)41(71-9)33(57)28(20-55)75-46/h14,24,26,28-48,55,57-63H,1,10-13,15-22H2,2-9H3,(H,65,66,67)(H,68,69,70)/t24-,26-,28-,29-,30-,31+,32+,33-,34-,35+,36-,37-,38-,39-,40-,41+,42+,43-,44-,45+,46+,47+,48+,51-,52+,53+,54-/m1/s1. The Labute approximate surface area is 487 Å². The van der Waals surface area contributed by atoms with Crippen LogP contribution in [-0.2, 0) is 86.1 Å². The number of fused-ring (bicyclic) bond motifs is 4. The molecule has 5 aliphatic heterocycles. The van der Waals surface area contributed by atoms with Crippen molar-refractivity contribution in [1.82, 2.24) is 0 Å². The van der Waals surface area contributed by atoms with Gasteiger partial charge in [-0.05, 0) is 100 Å². The van der Waals surface area contributed by atoms with Crippen molar-refractivity contribution in [1.29, 1.82) is 0 Å². The maximum atomic E-state index is 14.4. The molecule has 5 heterocycles. The van der Waals surface area contributed by atoms with E-state index in [0.717, 1.165) is 25.5 Å². The smallest absolute Gasteiger partial charge is 0.397 e. The monoisotopic (exact) mass is 1240 g/mol. The number of allylic oxidation sites excluding steroid dienone is 3. The minimum Gasteiger partial charge on any atom is -0.458 e. The van der Waals surface area contributed by atoms with E-state index in [4.69, 9.17) is 51.6 Å². The summed E-state index contributed by atoms with van der Waals surface area (Å²) in [7, 11) is -9.27. The van der Waals surface area contributed by atoms with Gasteiger partial charge >= 0.3 is 26.8 Å². The molecule has 0 radical (unpaired) electrons. The van der Waals surface area contributed by atoms with Crippen molar-refractivity contribution in [2.24, 2.45) is 39.4 Å². The number of aliphatic hydroxyl groups is 8. The van der Waals surface area contributed by atoms with Crippen molar-refractivity contribution < 1.29 is 132 Å². The molecule has 0 aromatic heterocycles. The van der Waals surface area contributed by atoms with E-state index in [1.807, 2.05) is 27.7 Å². The number of Topliss-reactive ketones (excluding diaryl/α,β-unsaturated/α-hetero) is 1. The quantitative estimate of drug-likeness (QED) is 0.0335. The normalized spacial score (nSPS) is 48.5. The molecule has 4 aliphatic carbocycles. The van der Waals surface area contributed by atoms with Gasteiger partial charge in [0.25, 0.3) is 0 Å². The molecule has 480 valence electrons. The van der Waals surface area contributed by atoms with Crippen LogP contribution in [0.5, 0.6) is 0 Å². The Kier molecular flexibility index (Phi) is 19.0. The zero-order chi connectivity index (χ0) is 61.8. The van der Waals surface area contributed by atoms with Crippen LogP contribution in [0.1, 0.15) is 106 Å². The molecule has 1 spiro atoms. The Morgan fingerprint density at radius 2 is 1.36 bits per heavy atom. The first-order chi connectivity index (χ1) is 39.1. The topological polar surface area (TPSA) is 415 Å². The molecule has 84 heavy (non-hydrogen) atoms. The Morgan fingerprint density at radius 3 is 1.99 bits per heavy atom. The predicted molar refractivity (Wildman–Crippen MR) is 282 cm³/mol. The van der Waals surface area contributed by atoms with Crippen molar-refractivity contribution in [3.8, 4) is 0 Å². The number of aliphatic hydroxyl groups excluding tert-OH is 8. The van der Waals surface area contributed by atoms with Crippen molar-refractivity contribution >= 4 is 32.6 Å². The van der Waals surface area contributed by atoms with Crippen LogP contribution in [0, 0.1) is 39.4 Å². The lowest BCUT2D eigenvalue weighted by molar-refractivity contribution is -0.389. The molecule has 5 saturated heterocycles. The van der Waals surface area contributed by atoms with E-state index < -0.39 is 197 Å². The number of ketones is 1. The molecule has 28 nitrogen and oxygen atoms in total. The number of methoxy groups -OCH3 is 1. The third-order valence-corrected chi connectivity index (χ3v) is 21.2. The number of esters is 1. The zero-order valence-corrected chi connectivity index (χ0v) is 49.8. The number of cyclic esters (lactones) is 1. The zero-order valence-electron chi connectivity index (χ0n) is 48.2. The van der Waals surface area contributed by atoms with Crippen LogP contribution < -0.4 is 0 Å². The van der Waals surface area contributed by atoms with Crippen LogP contribution in [-0.4, -0.2) is 234 Å². The maximum absolute atomic E-state index is 14.4. The predicted octanol–water partition coefficient (Wildman–Crippen LogP) is -0.555. The first-order valence-corrected chi connectivity index (χ1v) is 31.3. The van der Waals surface area contributed by atoms with E-state index in [0.29, 0.717) is 38.5 Å². The number of hydrogen-bond donors (Lipinski definition) is 10. The Balaban J connectivity index is 0.915. The lowest BCUT2D eigenvalue weighted by Crippen LogP contribution is -2.67. The fourth-order valence-corrected chi connectivity index (χ4v) is 17.0. The summed E-state index contributed by atoms with van der Waals surface area (Å²) < 4.78 is 135. The van der Waals surface area contributed by atoms with Crippen LogP contribution in [0.3, 0.4) is 0 Å². The van der Waals surface area contributed by atoms with Gasteiger partial charge in [-0.3, -0.25) is 18.7 Å². The van der Waals surface area contributed by atoms with Crippen molar-refractivity contribution in [2.45, 2.75) is 235 Å². The second-order valence-electron chi connectivity index (χ2n) is 25.8. The molecule has 3 saturated carbocycles. The molecule has 27 atom stereocenters. The molecule has 0 aromatic carbocycles. The summed E-state index contributed by atoms with van der Waals surface area (Å²) >= 11 is 0. The van der Waals surface area contributed by atoms with Gasteiger partial charge in [-0.15, -0.1) is 6.58 Å². The average Bonchev–Trinajstić information content (AvgIpc) is 1.61. The summed E-state index contributed by atoms with van der Waals surface area (Å²) in [6, 6.07) is 0. The first-order valence-electron chi connectivity index (χ1n) is 28.6. The van der Waals surface area contributed by atoms with Crippen LogP contribution in [0.2, 0.25) is 0 Å². The molecule has 0 bridgehead atoms. The summed E-state index contributed by atoms with van der Waals surface area (Å²) in [6.45, 7) is 15.0. The minimum absolute atomic E-state index is 0.0507. The van der Waals surface area contributed by atoms with Gasteiger partial charge in [0.1, 0.15) is 96.8 Å². The molecule has 9 aliphatic rings.